The molecule has 0 amide bonds. The second-order valence-electron chi connectivity index (χ2n) is 8.98. The molecule has 6 heteroatoms. The van der Waals surface area contributed by atoms with Gasteiger partial charge in [-0.1, -0.05) is 25.2 Å². The van der Waals surface area contributed by atoms with Crippen molar-refractivity contribution in [2.45, 2.75) is 44.6 Å². The van der Waals surface area contributed by atoms with E-state index in [9.17, 15) is 4.79 Å². The average molecular weight is 400 g/mol. The number of fused-ring (bicyclic) bond motifs is 6. The van der Waals surface area contributed by atoms with Crippen LogP contribution in [0.15, 0.2) is 12.1 Å². The molecule has 5 rings (SSSR count). The summed E-state index contributed by atoms with van der Waals surface area (Å²) in [5.41, 5.74) is 3.22. The lowest BCUT2D eigenvalue weighted by Gasteiger charge is -2.53. The lowest BCUT2D eigenvalue weighted by atomic mass is 9.58. The van der Waals surface area contributed by atoms with Crippen LogP contribution in [0, 0.1) is 11.8 Å². The van der Waals surface area contributed by atoms with Crippen molar-refractivity contribution in [1.29, 1.82) is 0 Å². The van der Waals surface area contributed by atoms with Crippen molar-refractivity contribution in [2.75, 3.05) is 38.7 Å². The first-order valence-electron chi connectivity index (χ1n) is 10.5. The molecule has 3 aliphatic rings. The van der Waals surface area contributed by atoms with E-state index < -0.39 is 0 Å². The van der Waals surface area contributed by atoms with E-state index in [1.54, 1.807) is 18.4 Å². The molecule has 1 aromatic heterocycles. The second kappa shape index (κ2) is 6.78. The summed E-state index contributed by atoms with van der Waals surface area (Å²) >= 11 is 1.69. The first kappa shape index (κ1) is 18.5. The smallest absolute Gasteiger partial charge is 0.183 e. The highest BCUT2D eigenvalue weighted by Gasteiger charge is 2.53. The van der Waals surface area contributed by atoms with Gasteiger partial charge in [0.2, 0.25) is 0 Å². The molecule has 1 unspecified atom stereocenters. The van der Waals surface area contributed by atoms with E-state index in [-0.39, 0.29) is 11.5 Å². The number of thiazole rings is 1. The Hall–Kier alpha value is -1.50. The van der Waals surface area contributed by atoms with Gasteiger partial charge in [-0.15, -0.1) is 0 Å². The van der Waals surface area contributed by atoms with Gasteiger partial charge >= 0.3 is 0 Å². The molecule has 2 heterocycles. The number of benzene rings is 1. The van der Waals surface area contributed by atoms with Crippen molar-refractivity contribution < 1.29 is 9.53 Å². The molecule has 28 heavy (non-hydrogen) atoms. The van der Waals surface area contributed by atoms with Gasteiger partial charge in [-0.05, 0) is 55.3 Å². The lowest BCUT2D eigenvalue weighted by Crippen LogP contribution is -2.61. The molecule has 1 saturated carbocycles. The number of aromatic nitrogens is 1. The fourth-order valence-corrected chi connectivity index (χ4v) is 6.42. The van der Waals surface area contributed by atoms with Crippen molar-refractivity contribution in [3.05, 3.63) is 23.3 Å². The summed E-state index contributed by atoms with van der Waals surface area (Å²) < 4.78 is 6.32. The van der Waals surface area contributed by atoms with Crippen LogP contribution >= 0.6 is 11.3 Å². The predicted molar refractivity (Wildman–Crippen MR) is 114 cm³/mol. The second-order valence-corrected chi connectivity index (χ2v) is 9.98. The van der Waals surface area contributed by atoms with Gasteiger partial charge in [0.05, 0.1) is 22.9 Å². The molecule has 150 valence electrons. The minimum Gasteiger partial charge on any atom is -0.383 e. The van der Waals surface area contributed by atoms with Crippen LogP contribution in [0.3, 0.4) is 0 Å². The Kier molecular flexibility index (Phi) is 4.49. The fourth-order valence-electron chi connectivity index (χ4n) is 5.25. The maximum absolute atomic E-state index is 13.6. The van der Waals surface area contributed by atoms with E-state index in [1.165, 1.54) is 23.1 Å². The number of carbonyl (C=O) groups excluding carboxylic acids is 1. The highest BCUT2D eigenvalue weighted by atomic mass is 32.1. The standard InChI is InChI=1S/C22H29N3O2S/c1-13-18-19(26)15-6-7-16-20(28-21(24-16)23-9-11-27-3)17(15)22(13,2)8-10-25(18)12-14-4-5-14/h6-7,13-14,18H,4-5,8-12H2,1-3H3,(H,23,24)/t13-,18?,22+/m0/s1. The minimum absolute atomic E-state index is 0.0316. The number of ketones is 1. The number of methoxy groups -OCH3 is 1. The maximum atomic E-state index is 13.6. The van der Waals surface area contributed by atoms with Crippen LogP contribution in [0.25, 0.3) is 10.2 Å². The summed E-state index contributed by atoms with van der Waals surface area (Å²) in [7, 11) is 1.70. The zero-order valence-electron chi connectivity index (χ0n) is 17.0. The molecule has 1 saturated heterocycles. The third-order valence-electron chi connectivity index (χ3n) is 7.23. The van der Waals surface area contributed by atoms with E-state index in [0.29, 0.717) is 18.3 Å². The number of anilines is 1. The summed E-state index contributed by atoms with van der Waals surface area (Å²) in [6, 6.07) is 4.11. The van der Waals surface area contributed by atoms with Crippen molar-refractivity contribution in [2.24, 2.45) is 11.8 Å². The molecular weight excluding hydrogens is 370 g/mol. The fraction of sp³-hybridized carbons (Fsp3) is 0.636. The van der Waals surface area contributed by atoms with Crippen LogP contribution < -0.4 is 5.32 Å². The molecular formula is C22H29N3O2S. The monoisotopic (exact) mass is 399 g/mol. The van der Waals surface area contributed by atoms with Crippen molar-refractivity contribution in [3.8, 4) is 0 Å². The van der Waals surface area contributed by atoms with Crippen molar-refractivity contribution >= 4 is 32.5 Å². The highest BCUT2D eigenvalue weighted by molar-refractivity contribution is 7.22. The van der Waals surface area contributed by atoms with Crippen molar-refractivity contribution in [3.63, 3.8) is 0 Å². The number of nitrogens with one attached hydrogen (secondary N) is 1. The normalized spacial score (nSPS) is 29.9. The van der Waals surface area contributed by atoms with Gasteiger partial charge in [-0.2, -0.15) is 0 Å². The molecule has 0 spiro atoms. The number of nitrogens with zero attached hydrogens (tertiary/aromatic N) is 2. The Morgan fingerprint density at radius 3 is 2.96 bits per heavy atom. The number of piperidine rings is 1. The summed E-state index contributed by atoms with van der Waals surface area (Å²) in [5.74, 6) is 1.47. The minimum atomic E-state index is 0.0316. The van der Waals surface area contributed by atoms with Gasteiger partial charge in [0.1, 0.15) is 0 Å². The van der Waals surface area contributed by atoms with Crippen LogP contribution in [0.5, 0.6) is 0 Å². The molecule has 1 N–H and O–H groups in total. The SMILES string of the molecule is COCCNc1nc2ccc3c(c2s1)[C@]1(C)CCN(CC2CC2)C(C3=O)[C@@H]1C. The number of hydrogen-bond donors (Lipinski definition) is 1. The van der Waals surface area contributed by atoms with Gasteiger partial charge in [0.15, 0.2) is 10.9 Å². The predicted octanol–water partition coefficient (Wildman–Crippen LogP) is 3.93. The van der Waals surface area contributed by atoms with Gasteiger partial charge in [0, 0.05) is 31.2 Å². The van der Waals surface area contributed by atoms with E-state index in [0.717, 1.165) is 48.2 Å². The zero-order valence-corrected chi connectivity index (χ0v) is 17.8. The number of Topliss-reactive ketones (excluding diaryl/α,β-unsaturated/α-hetero) is 1. The van der Waals surface area contributed by atoms with Crippen LogP contribution in [-0.2, 0) is 10.2 Å². The molecule has 0 radical (unpaired) electrons. The van der Waals surface area contributed by atoms with Crippen LogP contribution in [0.1, 0.15) is 49.0 Å². The molecule has 2 fully saturated rings. The number of rotatable bonds is 6. The highest BCUT2D eigenvalue weighted by Crippen LogP contribution is 2.52. The molecule has 2 aliphatic carbocycles. The Balaban J connectivity index is 1.56. The number of likely N-dealkylation sites (tertiary alicyclic amines) is 1. The Morgan fingerprint density at radius 2 is 2.21 bits per heavy atom. The zero-order chi connectivity index (χ0) is 19.5. The van der Waals surface area contributed by atoms with Crippen LogP contribution in [0.2, 0.25) is 0 Å². The lowest BCUT2D eigenvalue weighted by molar-refractivity contribution is 0.0272. The van der Waals surface area contributed by atoms with Crippen LogP contribution in [-0.4, -0.2) is 55.1 Å². The van der Waals surface area contributed by atoms with E-state index >= 15 is 0 Å². The van der Waals surface area contributed by atoms with E-state index in [4.69, 9.17) is 9.72 Å². The number of carbonyl (C=O) groups is 1. The van der Waals surface area contributed by atoms with E-state index in [2.05, 4.69) is 24.1 Å². The Morgan fingerprint density at radius 1 is 1.39 bits per heavy atom. The summed E-state index contributed by atoms with van der Waals surface area (Å²) in [5, 5.41) is 4.27. The van der Waals surface area contributed by atoms with Crippen LogP contribution in [0.4, 0.5) is 5.13 Å². The molecule has 1 aliphatic heterocycles. The first-order chi connectivity index (χ1) is 13.5. The number of hydrogen-bond acceptors (Lipinski definition) is 6. The summed E-state index contributed by atoms with van der Waals surface area (Å²) in [6.07, 6.45) is 3.78. The largest absolute Gasteiger partial charge is 0.383 e. The van der Waals surface area contributed by atoms with Gasteiger partial charge < -0.3 is 10.1 Å². The number of ether oxygens (including phenoxy) is 1. The Bertz CT molecular complexity index is 922. The summed E-state index contributed by atoms with van der Waals surface area (Å²) in [6.45, 7) is 8.19. The molecule has 1 aromatic carbocycles. The van der Waals surface area contributed by atoms with Crippen molar-refractivity contribution in [1.82, 2.24) is 9.88 Å². The third kappa shape index (κ3) is 2.80. The summed E-state index contributed by atoms with van der Waals surface area (Å²) in [4.78, 5) is 20.8. The molecule has 3 atom stereocenters. The molecule has 2 bridgehead atoms. The average Bonchev–Trinajstić information content (AvgIpc) is 3.39. The topological polar surface area (TPSA) is 54.5 Å². The van der Waals surface area contributed by atoms with Gasteiger partial charge in [-0.25, -0.2) is 4.98 Å². The van der Waals surface area contributed by atoms with Gasteiger partial charge in [-0.3, -0.25) is 9.69 Å². The van der Waals surface area contributed by atoms with E-state index in [1.807, 2.05) is 12.1 Å². The third-order valence-corrected chi connectivity index (χ3v) is 8.27. The molecule has 5 nitrogen and oxygen atoms in total. The first-order valence-corrected chi connectivity index (χ1v) is 11.3. The Labute approximate surface area is 170 Å². The maximum Gasteiger partial charge on any atom is 0.183 e. The quantitative estimate of drug-likeness (QED) is 0.746. The molecule has 2 aromatic rings. The van der Waals surface area contributed by atoms with Gasteiger partial charge in [0.25, 0.3) is 0 Å².